The molecule has 12 heteroatoms. The summed E-state index contributed by atoms with van der Waals surface area (Å²) in [6, 6.07) is 8.40. The van der Waals surface area contributed by atoms with E-state index in [2.05, 4.69) is 15.6 Å². The van der Waals surface area contributed by atoms with Crippen molar-refractivity contribution in [2.24, 2.45) is 0 Å². The number of methoxy groups -OCH3 is 3. The van der Waals surface area contributed by atoms with Gasteiger partial charge in [0.25, 0.3) is 5.91 Å². The molecule has 5 rings (SSSR count). The zero-order valence-electron chi connectivity index (χ0n) is 22.7. The fraction of sp³-hybridized carbons (Fsp3) is 0.393. The number of amides is 2. The molecular weight excluding hydrogens is 539 g/mol. The van der Waals surface area contributed by atoms with Crippen molar-refractivity contribution in [2.45, 2.75) is 38.5 Å². The van der Waals surface area contributed by atoms with E-state index in [1.807, 2.05) is 25.1 Å². The number of pyridine rings is 1. The molecule has 40 heavy (non-hydrogen) atoms. The molecule has 3 aromatic rings. The van der Waals surface area contributed by atoms with Gasteiger partial charge in [0.05, 0.1) is 62.7 Å². The molecule has 2 aliphatic rings. The van der Waals surface area contributed by atoms with E-state index in [1.165, 1.54) is 18.4 Å². The lowest BCUT2D eigenvalue weighted by molar-refractivity contribution is 0.0607. The van der Waals surface area contributed by atoms with Crippen LogP contribution >= 0.6 is 11.3 Å². The lowest BCUT2D eigenvalue weighted by atomic mass is 10.0. The van der Waals surface area contributed by atoms with Gasteiger partial charge in [0.1, 0.15) is 11.5 Å². The average molecular weight is 571 g/mol. The van der Waals surface area contributed by atoms with Crippen LogP contribution in [0.4, 0.5) is 15.0 Å². The van der Waals surface area contributed by atoms with E-state index in [0.717, 1.165) is 15.3 Å². The molecular formula is C28H31FN4O6S. The van der Waals surface area contributed by atoms with Crippen molar-refractivity contribution in [3.63, 3.8) is 0 Å². The van der Waals surface area contributed by atoms with Gasteiger partial charge in [-0.3, -0.25) is 4.79 Å². The van der Waals surface area contributed by atoms with Gasteiger partial charge in [0.15, 0.2) is 11.6 Å². The molecule has 2 aliphatic heterocycles. The number of aryl methyl sites for hydroxylation is 1. The van der Waals surface area contributed by atoms with E-state index in [1.54, 1.807) is 31.3 Å². The Hall–Kier alpha value is -3.90. The van der Waals surface area contributed by atoms with Crippen LogP contribution in [0.3, 0.4) is 0 Å². The highest BCUT2D eigenvalue weighted by Crippen LogP contribution is 2.39. The minimum absolute atomic E-state index is 0.0278. The van der Waals surface area contributed by atoms with Gasteiger partial charge in [-0.1, -0.05) is 0 Å². The number of carbonyl (C=O) groups excluding carboxylic acids is 2. The zero-order valence-corrected chi connectivity index (χ0v) is 23.5. The Labute approximate surface area is 235 Å². The van der Waals surface area contributed by atoms with Gasteiger partial charge in [-0.2, -0.15) is 0 Å². The highest BCUT2D eigenvalue weighted by atomic mass is 32.1. The maximum Gasteiger partial charge on any atom is 0.407 e. The summed E-state index contributed by atoms with van der Waals surface area (Å²) in [6.07, 6.45) is -0.0857. The summed E-state index contributed by atoms with van der Waals surface area (Å²) in [5, 5.41) is 5.93. The Morgan fingerprint density at radius 1 is 1.20 bits per heavy atom. The molecule has 0 aliphatic carbocycles. The third kappa shape index (κ3) is 5.41. The van der Waals surface area contributed by atoms with Crippen molar-refractivity contribution in [3.8, 4) is 22.1 Å². The van der Waals surface area contributed by atoms with Gasteiger partial charge < -0.3 is 34.5 Å². The molecule has 0 radical (unpaired) electrons. The van der Waals surface area contributed by atoms with Crippen molar-refractivity contribution in [1.82, 2.24) is 15.2 Å². The predicted molar refractivity (Wildman–Crippen MR) is 148 cm³/mol. The molecule has 0 saturated carbocycles. The molecule has 0 unspecified atom stereocenters. The second-order valence-corrected chi connectivity index (χ2v) is 10.9. The summed E-state index contributed by atoms with van der Waals surface area (Å²) >= 11 is 1.49. The maximum absolute atomic E-state index is 16.1. The molecule has 2 atom stereocenters. The predicted octanol–water partition coefficient (Wildman–Crippen LogP) is 4.36. The number of thiophene rings is 1. The van der Waals surface area contributed by atoms with Crippen LogP contribution in [0.25, 0.3) is 10.6 Å². The number of ether oxygens (including phenoxy) is 4. The van der Waals surface area contributed by atoms with E-state index < -0.39 is 18.0 Å². The summed E-state index contributed by atoms with van der Waals surface area (Å²) in [6.45, 7) is 2.94. The second kappa shape index (κ2) is 11.7. The fourth-order valence-electron chi connectivity index (χ4n) is 5.00. The number of aromatic nitrogens is 1. The van der Waals surface area contributed by atoms with Crippen LogP contribution in [-0.2, 0) is 22.6 Å². The molecule has 2 aromatic heterocycles. The normalized spacial score (nSPS) is 18.3. The number of benzene rings is 1. The number of hydrogen-bond donors (Lipinski definition) is 2. The Bertz CT molecular complexity index is 1430. The van der Waals surface area contributed by atoms with Crippen molar-refractivity contribution in [2.75, 3.05) is 39.9 Å². The molecule has 0 bridgehead atoms. The summed E-state index contributed by atoms with van der Waals surface area (Å²) in [5.41, 5.74) is 1.73. The minimum Gasteiger partial charge on any atom is -0.497 e. The van der Waals surface area contributed by atoms with Gasteiger partial charge in [-0.25, -0.2) is 14.2 Å². The van der Waals surface area contributed by atoms with E-state index in [9.17, 15) is 9.59 Å². The zero-order chi connectivity index (χ0) is 28.4. The summed E-state index contributed by atoms with van der Waals surface area (Å²) < 4.78 is 37.2. The van der Waals surface area contributed by atoms with E-state index in [4.69, 9.17) is 18.9 Å². The first-order valence-corrected chi connectivity index (χ1v) is 13.6. The molecule has 4 heterocycles. The Kier molecular flexibility index (Phi) is 8.08. The average Bonchev–Trinajstić information content (AvgIpc) is 3.54. The molecule has 1 fully saturated rings. The molecule has 2 N–H and O–H groups in total. The number of nitrogens with zero attached hydrogens (tertiary/aromatic N) is 2. The Morgan fingerprint density at radius 3 is 2.73 bits per heavy atom. The van der Waals surface area contributed by atoms with Gasteiger partial charge in [-0.05, 0) is 37.6 Å². The first kappa shape index (κ1) is 27.7. The lowest BCUT2D eigenvalue weighted by Gasteiger charge is -2.32. The fourth-order valence-corrected chi connectivity index (χ4v) is 5.87. The molecule has 10 nitrogen and oxygen atoms in total. The number of nitrogens with one attached hydrogen (secondary N) is 2. The Balaban J connectivity index is 1.50. The van der Waals surface area contributed by atoms with Gasteiger partial charge in [0.2, 0.25) is 0 Å². The summed E-state index contributed by atoms with van der Waals surface area (Å²) in [5.74, 6) is 0.337. The standard InChI is InChI=1S/C28H31FN4O6S/c1-15-5-8-22(40-15)25-23-18(13-33(27(23)34)12-16-6-7-17(36-2)11-21(16)37-3)24(29)26(32-25)30-19-9-10-39-14-20(19)31-28(35)38-4/h5-8,11,19-20H,9-10,12-14H2,1-4H3,(H,30,32)(H,31,35)/t19-,20+/m1/s1. The number of rotatable bonds is 8. The first-order valence-electron chi connectivity index (χ1n) is 12.8. The third-order valence-electron chi connectivity index (χ3n) is 7.08. The number of carbonyl (C=O) groups is 2. The highest BCUT2D eigenvalue weighted by molar-refractivity contribution is 7.15. The van der Waals surface area contributed by atoms with Crippen LogP contribution in [0, 0.1) is 12.7 Å². The topological polar surface area (TPSA) is 111 Å². The monoisotopic (exact) mass is 570 g/mol. The molecule has 2 amide bonds. The van der Waals surface area contributed by atoms with Crippen LogP contribution in [0.2, 0.25) is 0 Å². The SMILES string of the molecule is COC(=O)N[C@H]1COCC[C@H]1Nc1nc(-c2ccc(C)s2)c2c(c1F)CN(Cc1ccc(OC)cc1OC)C2=O. The maximum atomic E-state index is 16.1. The van der Waals surface area contributed by atoms with Crippen LogP contribution in [0.1, 0.15) is 32.8 Å². The third-order valence-corrected chi connectivity index (χ3v) is 8.09. The quantitative estimate of drug-likeness (QED) is 0.411. The highest BCUT2D eigenvalue weighted by Gasteiger charge is 2.37. The number of alkyl carbamates (subject to hydrolysis) is 1. The van der Waals surface area contributed by atoms with Crippen LogP contribution in [0.5, 0.6) is 11.5 Å². The number of halogens is 1. The Morgan fingerprint density at radius 2 is 2.02 bits per heavy atom. The molecule has 212 valence electrons. The van der Waals surface area contributed by atoms with Gasteiger partial charge in [0, 0.05) is 35.2 Å². The molecule has 1 saturated heterocycles. The van der Waals surface area contributed by atoms with Crippen LogP contribution in [-0.4, -0.2) is 68.5 Å². The number of fused-ring (bicyclic) bond motifs is 1. The van der Waals surface area contributed by atoms with Gasteiger partial charge >= 0.3 is 6.09 Å². The van der Waals surface area contributed by atoms with Crippen molar-refractivity contribution < 1.29 is 32.9 Å². The lowest BCUT2D eigenvalue weighted by Crippen LogP contribution is -2.52. The second-order valence-electron chi connectivity index (χ2n) is 9.58. The first-order chi connectivity index (χ1) is 19.3. The van der Waals surface area contributed by atoms with E-state index in [0.29, 0.717) is 30.2 Å². The van der Waals surface area contributed by atoms with E-state index in [-0.39, 0.29) is 48.6 Å². The summed E-state index contributed by atoms with van der Waals surface area (Å²) in [4.78, 5) is 33.7. The molecule has 0 spiro atoms. The van der Waals surface area contributed by atoms with Crippen molar-refractivity contribution in [3.05, 3.63) is 57.7 Å². The van der Waals surface area contributed by atoms with Crippen molar-refractivity contribution in [1.29, 1.82) is 0 Å². The van der Waals surface area contributed by atoms with Crippen LogP contribution < -0.4 is 20.1 Å². The van der Waals surface area contributed by atoms with Crippen LogP contribution in [0.15, 0.2) is 30.3 Å². The van der Waals surface area contributed by atoms with Gasteiger partial charge in [-0.15, -0.1) is 11.3 Å². The van der Waals surface area contributed by atoms with E-state index >= 15 is 4.39 Å². The number of hydrogen-bond acceptors (Lipinski definition) is 9. The summed E-state index contributed by atoms with van der Waals surface area (Å²) in [7, 11) is 4.40. The largest absolute Gasteiger partial charge is 0.497 e. The van der Waals surface area contributed by atoms with Crippen molar-refractivity contribution >= 4 is 29.2 Å². The molecule has 1 aromatic carbocycles. The smallest absolute Gasteiger partial charge is 0.407 e. The number of anilines is 1. The minimum atomic E-state index is -0.602.